The monoisotopic (exact) mass is 532 g/mol. The zero-order valence-electron chi connectivity index (χ0n) is 24.8. The van der Waals surface area contributed by atoms with Crippen molar-refractivity contribution in [1.29, 1.82) is 0 Å². The van der Waals surface area contributed by atoms with Crippen LogP contribution in [0, 0.1) is 0 Å². The maximum absolute atomic E-state index is 11.5. The van der Waals surface area contributed by atoms with Crippen LogP contribution < -0.4 is 0 Å². The third-order valence-corrected chi connectivity index (χ3v) is 5.77. The number of hydrogen-bond acceptors (Lipinski definition) is 7. The van der Waals surface area contributed by atoms with Crippen LogP contribution in [0.5, 0.6) is 0 Å². The van der Waals surface area contributed by atoms with Crippen molar-refractivity contribution >= 4 is 5.97 Å². The third-order valence-electron chi connectivity index (χ3n) is 5.77. The number of esters is 1. The standard InChI is InChI=1S/C30H60O7/c1-5-6-7-8-9-10-11-12-13-14-15-16-17-18-19-32-20-21-33-22-23-34-24-25-35-26-27-36-28-29(31)37-30(2,3)4/h5-28H2,1-4H3. The van der Waals surface area contributed by atoms with Gasteiger partial charge in [0.2, 0.25) is 0 Å². The molecule has 0 aliphatic heterocycles. The highest BCUT2D eigenvalue weighted by Crippen LogP contribution is 2.13. The molecule has 7 heteroatoms. The molecule has 0 spiro atoms. The van der Waals surface area contributed by atoms with E-state index in [2.05, 4.69) is 6.92 Å². The van der Waals surface area contributed by atoms with Gasteiger partial charge in [-0.25, -0.2) is 4.79 Å². The van der Waals surface area contributed by atoms with E-state index in [1.165, 1.54) is 83.5 Å². The molecule has 37 heavy (non-hydrogen) atoms. The van der Waals surface area contributed by atoms with Crippen LogP contribution in [-0.4, -0.2) is 77.6 Å². The fraction of sp³-hybridized carbons (Fsp3) is 0.967. The molecule has 0 amide bonds. The Labute approximate surface area is 228 Å². The van der Waals surface area contributed by atoms with Crippen LogP contribution in [0.3, 0.4) is 0 Å². The highest BCUT2D eigenvalue weighted by atomic mass is 16.6. The maximum Gasteiger partial charge on any atom is 0.332 e. The number of carbonyl (C=O) groups is 1. The van der Waals surface area contributed by atoms with Crippen LogP contribution in [0.4, 0.5) is 0 Å². The van der Waals surface area contributed by atoms with Crippen LogP contribution in [0.15, 0.2) is 0 Å². The van der Waals surface area contributed by atoms with E-state index >= 15 is 0 Å². The van der Waals surface area contributed by atoms with Crippen LogP contribution in [0.1, 0.15) is 118 Å². The van der Waals surface area contributed by atoms with Gasteiger partial charge in [0.1, 0.15) is 12.2 Å². The second-order valence-electron chi connectivity index (χ2n) is 10.7. The minimum Gasteiger partial charge on any atom is -0.458 e. The predicted molar refractivity (Wildman–Crippen MR) is 150 cm³/mol. The first-order valence-electron chi connectivity index (χ1n) is 15.1. The number of unbranched alkanes of at least 4 members (excludes halogenated alkanes) is 13. The quantitative estimate of drug-likeness (QED) is 0.0767. The highest BCUT2D eigenvalue weighted by molar-refractivity contribution is 5.71. The molecule has 0 aromatic carbocycles. The second kappa shape index (κ2) is 28.3. The first kappa shape index (κ1) is 36.3. The Morgan fingerprint density at radius 3 is 1.16 bits per heavy atom. The molecular weight excluding hydrogens is 472 g/mol. The van der Waals surface area contributed by atoms with Crippen LogP contribution in [0.25, 0.3) is 0 Å². The summed E-state index contributed by atoms with van der Waals surface area (Å²) in [6.45, 7) is 12.6. The molecule has 7 nitrogen and oxygen atoms in total. The van der Waals surface area contributed by atoms with Gasteiger partial charge in [-0.2, -0.15) is 0 Å². The number of carbonyl (C=O) groups excluding carboxylic acids is 1. The molecule has 0 heterocycles. The lowest BCUT2D eigenvalue weighted by atomic mass is 10.0. The summed E-state index contributed by atoms with van der Waals surface area (Å²) in [6, 6.07) is 0. The van der Waals surface area contributed by atoms with Gasteiger partial charge in [0, 0.05) is 6.61 Å². The molecule has 0 N–H and O–H groups in total. The molecule has 0 saturated carbocycles. The minimum absolute atomic E-state index is 0.0579. The largest absolute Gasteiger partial charge is 0.458 e. The Kier molecular flexibility index (Phi) is 27.7. The van der Waals surface area contributed by atoms with Gasteiger partial charge in [-0.15, -0.1) is 0 Å². The summed E-state index contributed by atoms with van der Waals surface area (Å²) < 4.78 is 32.4. The Hall–Kier alpha value is -0.730. The van der Waals surface area contributed by atoms with Gasteiger partial charge in [0.25, 0.3) is 0 Å². The summed E-state index contributed by atoms with van der Waals surface area (Å²) in [5.74, 6) is -0.365. The van der Waals surface area contributed by atoms with Crippen LogP contribution in [0.2, 0.25) is 0 Å². The van der Waals surface area contributed by atoms with Crippen molar-refractivity contribution in [3.8, 4) is 0 Å². The van der Waals surface area contributed by atoms with Gasteiger partial charge in [-0.3, -0.25) is 0 Å². The van der Waals surface area contributed by atoms with Crippen molar-refractivity contribution in [2.45, 2.75) is 123 Å². The number of hydrogen-bond donors (Lipinski definition) is 0. The van der Waals surface area contributed by atoms with E-state index in [0.29, 0.717) is 52.9 Å². The number of ether oxygens (including phenoxy) is 6. The van der Waals surface area contributed by atoms with Crippen molar-refractivity contribution in [3.05, 3.63) is 0 Å². The molecule has 0 radical (unpaired) electrons. The van der Waals surface area contributed by atoms with Crippen molar-refractivity contribution in [2.24, 2.45) is 0 Å². The molecule has 0 bridgehead atoms. The second-order valence-corrected chi connectivity index (χ2v) is 10.7. The number of rotatable bonds is 29. The first-order chi connectivity index (χ1) is 18.0. The van der Waals surface area contributed by atoms with E-state index in [9.17, 15) is 4.79 Å². The molecule has 0 unspecified atom stereocenters. The average Bonchev–Trinajstić information content (AvgIpc) is 2.84. The van der Waals surface area contributed by atoms with Gasteiger partial charge in [0.05, 0.1) is 52.9 Å². The molecule has 0 saturated heterocycles. The van der Waals surface area contributed by atoms with E-state index < -0.39 is 5.60 Å². The molecule has 0 aliphatic rings. The molecule has 222 valence electrons. The van der Waals surface area contributed by atoms with Crippen molar-refractivity contribution < 1.29 is 33.2 Å². The van der Waals surface area contributed by atoms with Crippen molar-refractivity contribution in [1.82, 2.24) is 0 Å². The summed E-state index contributed by atoms with van der Waals surface area (Å²) in [6.07, 6.45) is 19.3. The lowest BCUT2D eigenvalue weighted by molar-refractivity contribution is -0.160. The summed E-state index contributed by atoms with van der Waals surface area (Å²) in [5.41, 5.74) is -0.490. The molecule has 0 aliphatic carbocycles. The Morgan fingerprint density at radius 1 is 0.459 bits per heavy atom. The Balaban J connectivity index is 3.09. The van der Waals surface area contributed by atoms with E-state index in [1.54, 1.807) is 0 Å². The molecular formula is C30H60O7. The lowest BCUT2D eigenvalue weighted by Crippen LogP contribution is -2.27. The maximum atomic E-state index is 11.5. The molecule has 0 fully saturated rings. The third kappa shape index (κ3) is 33.2. The van der Waals surface area contributed by atoms with E-state index in [1.807, 2.05) is 20.8 Å². The average molecular weight is 533 g/mol. The zero-order chi connectivity index (χ0) is 27.3. The predicted octanol–water partition coefficient (Wildman–Crippen LogP) is 6.89. The Bertz CT molecular complexity index is 465. The lowest BCUT2D eigenvalue weighted by Gasteiger charge is -2.19. The van der Waals surface area contributed by atoms with E-state index in [4.69, 9.17) is 28.4 Å². The molecule has 0 aromatic rings. The van der Waals surface area contributed by atoms with Crippen LogP contribution in [-0.2, 0) is 33.2 Å². The van der Waals surface area contributed by atoms with Gasteiger partial charge in [-0.1, -0.05) is 90.4 Å². The SMILES string of the molecule is CCCCCCCCCCCCCCCCOCCOCCOCCOCCOCC(=O)OC(C)(C)C. The molecule has 0 atom stereocenters. The fourth-order valence-electron chi connectivity index (χ4n) is 3.80. The summed E-state index contributed by atoms with van der Waals surface area (Å²) in [7, 11) is 0. The molecule has 0 aromatic heterocycles. The van der Waals surface area contributed by atoms with Crippen molar-refractivity contribution in [2.75, 3.05) is 66.1 Å². The van der Waals surface area contributed by atoms with Gasteiger partial charge in [-0.05, 0) is 27.2 Å². The first-order valence-corrected chi connectivity index (χ1v) is 15.1. The van der Waals surface area contributed by atoms with Crippen molar-refractivity contribution in [3.63, 3.8) is 0 Å². The summed E-state index contributed by atoms with van der Waals surface area (Å²) >= 11 is 0. The zero-order valence-corrected chi connectivity index (χ0v) is 24.8. The van der Waals surface area contributed by atoms with Gasteiger partial charge in [0.15, 0.2) is 0 Å². The van der Waals surface area contributed by atoms with E-state index in [-0.39, 0.29) is 12.6 Å². The summed E-state index contributed by atoms with van der Waals surface area (Å²) in [4.78, 5) is 11.5. The molecule has 0 rings (SSSR count). The summed E-state index contributed by atoms with van der Waals surface area (Å²) in [5, 5.41) is 0. The topological polar surface area (TPSA) is 72.5 Å². The van der Waals surface area contributed by atoms with Gasteiger partial charge >= 0.3 is 5.97 Å². The Morgan fingerprint density at radius 2 is 0.784 bits per heavy atom. The minimum atomic E-state index is -0.490. The van der Waals surface area contributed by atoms with Gasteiger partial charge < -0.3 is 28.4 Å². The smallest absolute Gasteiger partial charge is 0.332 e. The van der Waals surface area contributed by atoms with E-state index in [0.717, 1.165) is 13.0 Å². The fourth-order valence-corrected chi connectivity index (χ4v) is 3.80. The highest BCUT2D eigenvalue weighted by Gasteiger charge is 2.15. The van der Waals surface area contributed by atoms with Crippen LogP contribution >= 0.6 is 0 Å². The normalized spacial score (nSPS) is 11.8.